The fraction of sp³-hybridized carbons (Fsp3) is 0.625. The minimum atomic E-state index is 0.696. The van der Waals surface area contributed by atoms with Crippen molar-refractivity contribution in [2.45, 2.75) is 65.5 Å². The number of rotatable bonds is 8. The summed E-state index contributed by atoms with van der Waals surface area (Å²) in [5.74, 6) is 0. The maximum Gasteiger partial charge on any atom is 0.0208 e. The summed E-state index contributed by atoms with van der Waals surface area (Å²) >= 11 is 0. The molecular weight excluding hydrogens is 206 g/mol. The number of nitrogens with one attached hydrogen (secondary N) is 1. The predicted octanol–water partition coefficient (Wildman–Crippen LogP) is 4.44. The van der Waals surface area contributed by atoms with Crippen molar-refractivity contribution in [1.82, 2.24) is 5.32 Å². The van der Waals surface area contributed by atoms with Gasteiger partial charge in [-0.15, -0.1) is 0 Å². The molecule has 0 aliphatic rings. The largest absolute Gasteiger partial charge is 0.310 e. The molecule has 1 aromatic carbocycles. The van der Waals surface area contributed by atoms with Crippen LogP contribution in [0.2, 0.25) is 0 Å². The first kappa shape index (κ1) is 14.2. The van der Waals surface area contributed by atoms with Crippen molar-refractivity contribution in [3.63, 3.8) is 0 Å². The second kappa shape index (κ2) is 8.30. The standard InChI is InChI=1S/C16H27N/c1-4-6-8-16(7-5-2)17-13-15-11-9-14(3)10-12-15/h9-12,16-17H,4-8,13H2,1-3H3. The molecule has 0 saturated heterocycles. The van der Waals surface area contributed by atoms with Crippen molar-refractivity contribution in [3.8, 4) is 0 Å². The highest BCUT2D eigenvalue weighted by Crippen LogP contribution is 2.09. The number of hydrogen-bond donors (Lipinski definition) is 1. The van der Waals surface area contributed by atoms with E-state index in [0.717, 1.165) is 6.54 Å². The minimum Gasteiger partial charge on any atom is -0.310 e. The van der Waals surface area contributed by atoms with Crippen molar-refractivity contribution < 1.29 is 0 Å². The summed E-state index contributed by atoms with van der Waals surface area (Å²) in [5, 5.41) is 3.69. The Morgan fingerprint density at radius 2 is 1.71 bits per heavy atom. The molecule has 0 saturated carbocycles. The summed E-state index contributed by atoms with van der Waals surface area (Å²) in [6, 6.07) is 9.53. The predicted molar refractivity (Wildman–Crippen MR) is 76.2 cm³/mol. The van der Waals surface area contributed by atoms with Crippen LogP contribution in [0.1, 0.15) is 57.1 Å². The molecule has 1 aromatic rings. The molecule has 0 aromatic heterocycles. The van der Waals surface area contributed by atoms with Gasteiger partial charge in [0.05, 0.1) is 0 Å². The second-order valence-corrected chi connectivity index (χ2v) is 4.99. The fourth-order valence-electron chi connectivity index (χ4n) is 2.12. The summed E-state index contributed by atoms with van der Waals surface area (Å²) in [4.78, 5) is 0. The van der Waals surface area contributed by atoms with E-state index in [1.54, 1.807) is 0 Å². The first-order valence-electron chi connectivity index (χ1n) is 7.05. The van der Waals surface area contributed by atoms with E-state index < -0.39 is 0 Å². The van der Waals surface area contributed by atoms with Crippen molar-refractivity contribution in [1.29, 1.82) is 0 Å². The molecule has 1 heteroatoms. The van der Waals surface area contributed by atoms with Crippen molar-refractivity contribution in [3.05, 3.63) is 35.4 Å². The van der Waals surface area contributed by atoms with Crippen molar-refractivity contribution >= 4 is 0 Å². The summed E-state index contributed by atoms with van der Waals surface area (Å²) in [6.07, 6.45) is 6.52. The molecular formula is C16H27N. The van der Waals surface area contributed by atoms with E-state index in [0.29, 0.717) is 6.04 Å². The Hall–Kier alpha value is -0.820. The molecule has 0 heterocycles. The third kappa shape index (κ3) is 5.88. The van der Waals surface area contributed by atoms with Gasteiger partial charge in [-0.2, -0.15) is 0 Å². The normalized spacial score (nSPS) is 12.6. The summed E-state index contributed by atoms with van der Waals surface area (Å²) < 4.78 is 0. The van der Waals surface area contributed by atoms with Gasteiger partial charge >= 0.3 is 0 Å². The van der Waals surface area contributed by atoms with Gasteiger partial charge in [0, 0.05) is 12.6 Å². The zero-order valence-electron chi connectivity index (χ0n) is 11.6. The zero-order valence-corrected chi connectivity index (χ0v) is 11.6. The van der Waals surface area contributed by atoms with Crippen LogP contribution in [0, 0.1) is 6.92 Å². The molecule has 0 aliphatic heterocycles. The minimum absolute atomic E-state index is 0.696. The molecule has 17 heavy (non-hydrogen) atoms. The van der Waals surface area contributed by atoms with Gasteiger partial charge in [0.1, 0.15) is 0 Å². The number of aryl methyl sites for hydroxylation is 1. The van der Waals surface area contributed by atoms with Gasteiger partial charge < -0.3 is 5.32 Å². The lowest BCUT2D eigenvalue weighted by Gasteiger charge is -2.18. The van der Waals surface area contributed by atoms with Crippen LogP contribution in [-0.2, 0) is 6.54 Å². The van der Waals surface area contributed by atoms with E-state index >= 15 is 0 Å². The van der Waals surface area contributed by atoms with Crippen LogP contribution < -0.4 is 5.32 Å². The molecule has 0 radical (unpaired) electrons. The quantitative estimate of drug-likeness (QED) is 0.700. The monoisotopic (exact) mass is 233 g/mol. The maximum absolute atomic E-state index is 3.69. The maximum atomic E-state index is 3.69. The molecule has 0 spiro atoms. The van der Waals surface area contributed by atoms with E-state index in [9.17, 15) is 0 Å². The Morgan fingerprint density at radius 1 is 1.00 bits per heavy atom. The molecule has 96 valence electrons. The van der Waals surface area contributed by atoms with Crippen LogP contribution in [-0.4, -0.2) is 6.04 Å². The molecule has 1 nitrogen and oxygen atoms in total. The van der Waals surface area contributed by atoms with Gasteiger partial charge in [0.2, 0.25) is 0 Å². The summed E-state index contributed by atoms with van der Waals surface area (Å²) in [7, 11) is 0. The summed E-state index contributed by atoms with van der Waals surface area (Å²) in [6.45, 7) is 7.68. The van der Waals surface area contributed by atoms with Gasteiger partial charge in [-0.05, 0) is 25.3 Å². The van der Waals surface area contributed by atoms with Crippen molar-refractivity contribution in [2.75, 3.05) is 0 Å². The van der Waals surface area contributed by atoms with Gasteiger partial charge in [0.15, 0.2) is 0 Å². The third-order valence-corrected chi connectivity index (χ3v) is 3.26. The molecule has 0 amide bonds. The van der Waals surface area contributed by atoms with Crippen LogP contribution in [0.25, 0.3) is 0 Å². The first-order chi connectivity index (χ1) is 8.26. The fourth-order valence-corrected chi connectivity index (χ4v) is 2.12. The smallest absolute Gasteiger partial charge is 0.0208 e. The Kier molecular flexibility index (Phi) is 6.95. The topological polar surface area (TPSA) is 12.0 Å². The van der Waals surface area contributed by atoms with Crippen LogP contribution in [0.3, 0.4) is 0 Å². The lowest BCUT2D eigenvalue weighted by Crippen LogP contribution is -2.28. The molecule has 1 unspecified atom stereocenters. The number of hydrogen-bond acceptors (Lipinski definition) is 1. The Bertz CT molecular complexity index is 289. The highest BCUT2D eigenvalue weighted by atomic mass is 14.9. The second-order valence-electron chi connectivity index (χ2n) is 4.99. The average molecular weight is 233 g/mol. The van der Waals surface area contributed by atoms with Crippen LogP contribution in [0.4, 0.5) is 0 Å². The van der Waals surface area contributed by atoms with E-state index in [-0.39, 0.29) is 0 Å². The molecule has 1 rings (SSSR count). The number of benzene rings is 1. The Morgan fingerprint density at radius 3 is 2.29 bits per heavy atom. The number of unbranched alkanes of at least 4 members (excludes halogenated alkanes) is 1. The molecule has 0 fully saturated rings. The summed E-state index contributed by atoms with van der Waals surface area (Å²) in [5.41, 5.74) is 2.73. The molecule has 1 atom stereocenters. The molecule has 0 aliphatic carbocycles. The first-order valence-corrected chi connectivity index (χ1v) is 7.05. The SMILES string of the molecule is CCCCC(CCC)NCc1ccc(C)cc1. The van der Waals surface area contributed by atoms with Crippen LogP contribution in [0.5, 0.6) is 0 Å². The molecule has 1 N–H and O–H groups in total. The van der Waals surface area contributed by atoms with E-state index in [4.69, 9.17) is 0 Å². The van der Waals surface area contributed by atoms with E-state index in [1.807, 2.05) is 0 Å². The Balaban J connectivity index is 2.37. The van der Waals surface area contributed by atoms with E-state index in [1.165, 1.54) is 43.2 Å². The van der Waals surface area contributed by atoms with Gasteiger partial charge in [0.25, 0.3) is 0 Å². The van der Waals surface area contributed by atoms with Crippen LogP contribution in [0.15, 0.2) is 24.3 Å². The Labute approximate surface area is 107 Å². The average Bonchev–Trinajstić information content (AvgIpc) is 2.35. The van der Waals surface area contributed by atoms with Gasteiger partial charge in [-0.1, -0.05) is 62.9 Å². The lowest BCUT2D eigenvalue weighted by molar-refractivity contribution is 0.434. The van der Waals surface area contributed by atoms with Crippen LogP contribution >= 0.6 is 0 Å². The highest BCUT2D eigenvalue weighted by Gasteiger charge is 2.06. The van der Waals surface area contributed by atoms with Crippen molar-refractivity contribution in [2.24, 2.45) is 0 Å². The highest BCUT2D eigenvalue weighted by molar-refractivity contribution is 5.21. The van der Waals surface area contributed by atoms with Gasteiger partial charge in [-0.25, -0.2) is 0 Å². The zero-order chi connectivity index (χ0) is 12.5. The van der Waals surface area contributed by atoms with Gasteiger partial charge in [-0.3, -0.25) is 0 Å². The molecule has 0 bridgehead atoms. The van der Waals surface area contributed by atoms with E-state index in [2.05, 4.69) is 50.4 Å². The lowest BCUT2D eigenvalue weighted by atomic mass is 10.0. The third-order valence-electron chi connectivity index (χ3n) is 3.26.